The van der Waals surface area contributed by atoms with Crippen LogP contribution in [-0.2, 0) is 40.4 Å². The molecule has 0 radical (unpaired) electrons. The zero-order valence-corrected chi connectivity index (χ0v) is 14.0. The second-order valence-electron chi connectivity index (χ2n) is 3.18. The van der Waals surface area contributed by atoms with E-state index in [0.717, 1.165) is 8.83 Å². The van der Waals surface area contributed by atoms with E-state index in [1.54, 1.807) is 7.11 Å². The summed E-state index contributed by atoms with van der Waals surface area (Å²) in [4.78, 5) is 34.6. The van der Waals surface area contributed by atoms with Crippen molar-refractivity contribution in [2.24, 2.45) is 0 Å². The molecule has 1 unspecified atom stereocenters. The van der Waals surface area contributed by atoms with Crippen LogP contribution in [0.5, 0.6) is 0 Å². The number of methoxy groups -OCH3 is 1. The second-order valence-corrected chi connectivity index (χ2v) is 5.43. The third kappa shape index (κ3) is 3.24. The number of carbonyl (C=O) groups is 3. The average molecular weight is 400 g/mol. The van der Waals surface area contributed by atoms with Gasteiger partial charge in [-0.1, -0.05) is 0 Å². The van der Waals surface area contributed by atoms with E-state index in [1.165, 1.54) is 0 Å². The van der Waals surface area contributed by atoms with Gasteiger partial charge in [-0.25, -0.2) is 0 Å². The standard InChI is InChI=1S/C8H11N2O4.Hg/c1-5(14-2)4-10-7(12)3-6(11)9-8(10)13;/h5H,1,3-4H2,2H3,(H,9,11,13);. The van der Waals surface area contributed by atoms with Gasteiger partial charge in [0.15, 0.2) is 0 Å². The van der Waals surface area contributed by atoms with Crippen molar-refractivity contribution in [3.63, 3.8) is 0 Å². The van der Waals surface area contributed by atoms with Gasteiger partial charge in [0.1, 0.15) is 0 Å². The number of nitrogens with one attached hydrogen (secondary N) is 1. The van der Waals surface area contributed by atoms with E-state index < -0.39 is 17.8 Å². The molecule has 6 nitrogen and oxygen atoms in total. The Morgan fingerprint density at radius 3 is 2.67 bits per heavy atom. The van der Waals surface area contributed by atoms with Crippen LogP contribution in [-0.4, -0.2) is 42.5 Å². The van der Waals surface area contributed by atoms with E-state index in [4.69, 9.17) is 4.74 Å². The molecule has 1 atom stereocenters. The van der Waals surface area contributed by atoms with Gasteiger partial charge in [0.05, 0.1) is 0 Å². The van der Waals surface area contributed by atoms with Crippen LogP contribution in [0.25, 0.3) is 0 Å². The number of barbiturate groups is 1. The summed E-state index contributed by atoms with van der Waals surface area (Å²) in [5.41, 5.74) is 0. The molecule has 15 heavy (non-hydrogen) atoms. The summed E-state index contributed by atoms with van der Waals surface area (Å²) in [5, 5.41) is 2.10. The molecule has 1 aliphatic heterocycles. The number of nitrogens with zero attached hydrogens (tertiary/aromatic N) is 1. The van der Waals surface area contributed by atoms with Crippen LogP contribution >= 0.6 is 0 Å². The van der Waals surface area contributed by atoms with Crippen molar-refractivity contribution in [2.75, 3.05) is 13.7 Å². The molecule has 4 amide bonds. The molecule has 0 aromatic carbocycles. The third-order valence-corrected chi connectivity index (χ3v) is 4.65. The van der Waals surface area contributed by atoms with Gasteiger partial charge in [-0.3, -0.25) is 0 Å². The van der Waals surface area contributed by atoms with Crippen molar-refractivity contribution < 1.29 is 45.2 Å². The van der Waals surface area contributed by atoms with E-state index >= 15 is 0 Å². The summed E-state index contributed by atoms with van der Waals surface area (Å²) < 4.78 is 6.01. The Morgan fingerprint density at radius 1 is 1.53 bits per heavy atom. The molecule has 0 aromatic rings. The SMILES string of the molecule is COC([CH2][Hg])CN1C(=O)CC(=O)NC1=O. The number of amides is 4. The normalized spacial score (nSPS) is 19.1. The first-order chi connectivity index (χ1) is 7.08. The number of imide groups is 2. The summed E-state index contributed by atoms with van der Waals surface area (Å²) >= 11 is 0.548. The van der Waals surface area contributed by atoms with Gasteiger partial charge in [-0.15, -0.1) is 0 Å². The zero-order valence-electron chi connectivity index (χ0n) is 8.49. The van der Waals surface area contributed by atoms with Crippen molar-refractivity contribution in [3.05, 3.63) is 0 Å². The molecule has 1 N–H and O–H groups in total. The molecule has 1 aliphatic rings. The Morgan fingerprint density at radius 2 is 2.20 bits per heavy atom. The van der Waals surface area contributed by atoms with Gasteiger partial charge < -0.3 is 0 Å². The number of hydrogen-bond donors (Lipinski definition) is 1. The molecule has 1 saturated heterocycles. The van der Waals surface area contributed by atoms with Gasteiger partial charge in [0, 0.05) is 0 Å². The molecule has 0 aromatic heterocycles. The Labute approximate surface area is 103 Å². The molecular formula is C8H11HgN2O4. The Bertz CT molecular complexity index is 270. The molecule has 1 fully saturated rings. The van der Waals surface area contributed by atoms with Crippen LogP contribution in [0.4, 0.5) is 4.79 Å². The molecular weight excluding hydrogens is 389 g/mol. The first kappa shape index (κ1) is 12.6. The maximum atomic E-state index is 11.4. The van der Waals surface area contributed by atoms with Gasteiger partial charge in [-0.05, 0) is 0 Å². The minimum absolute atomic E-state index is 0.101. The first-order valence-electron chi connectivity index (χ1n) is 4.54. The molecule has 0 saturated carbocycles. The molecule has 0 bridgehead atoms. The summed E-state index contributed by atoms with van der Waals surface area (Å²) in [6.45, 7) is 0.234. The van der Waals surface area contributed by atoms with E-state index in [-0.39, 0.29) is 19.1 Å². The number of ether oxygens (including phenoxy) is 1. The average Bonchev–Trinajstić information content (AvgIpc) is 2.17. The monoisotopic (exact) mass is 401 g/mol. The summed E-state index contributed by atoms with van der Waals surface area (Å²) in [6.07, 6.45) is -0.357. The van der Waals surface area contributed by atoms with Gasteiger partial charge in [-0.2, -0.15) is 0 Å². The van der Waals surface area contributed by atoms with Gasteiger partial charge >= 0.3 is 103 Å². The fourth-order valence-electron chi connectivity index (χ4n) is 1.25. The van der Waals surface area contributed by atoms with Crippen LogP contribution in [0.2, 0.25) is 3.93 Å². The zero-order chi connectivity index (χ0) is 11.4. The predicted octanol–water partition coefficient (Wildman–Crippen LogP) is -0.565. The summed E-state index contributed by atoms with van der Waals surface area (Å²) in [6, 6.07) is -0.639. The minimum atomic E-state index is -0.639. The maximum absolute atomic E-state index is 11.4. The first-order valence-corrected chi connectivity index (χ1v) is 8.43. The molecule has 79 valence electrons. The summed E-state index contributed by atoms with van der Waals surface area (Å²) in [7, 11) is 1.55. The van der Waals surface area contributed by atoms with Crippen molar-refractivity contribution in [2.45, 2.75) is 16.5 Å². The molecule has 1 heterocycles. The molecule has 1 rings (SSSR count). The number of rotatable bonds is 4. The van der Waals surface area contributed by atoms with Crippen LogP contribution in [0.15, 0.2) is 0 Å². The second kappa shape index (κ2) is 5.55. The van der Waals surface area contributed by atoms with Gasteiger partial charge in [0.2, 0.25) is 0 Å². The van der Waals surface area contributed by atoms with Crippen LogP contribution < -0.4 is 5.32 Å². The summed E-state index contributed by atoms with van der Waals surface area (Å²) in [5.74, 6) is -0.988. The van der Waals surface area contributed by atoms with E-state index in [0.29, 0.717) is 26.1 Å². The van der Waals surface area contributed by atoms with E-state index in [1.807, 2.05) is 0 Å². The van der Waals surface area contributed by atoms with E-state index in [2.05, 4.69) is 5.32 Å². The Kier molecular flexibility index (Phi) is 4.65. The van der Waals surface area contributed by atoms with E-state index in [9.17, 15) is 14.4 Å². The molecule has 7 heteroatoms. The van der Waals surface area contributed by atoms with Crippen molar-refractivity contribution in [1.82, 2.24) is 10.2 Å². The van der Waals surface area contributed by atoms with Crippen molar-refractivity contribution >= 4 is 17.8 Å². The van der Waals surface area contributed by atoms with Crippen LogP contribution in [0.1, 0.15) is 6.42 Å². The fourth-order valence-corrected chi connectivity index (χ4v) is 2.88. The molecule has 0 spiro atoms. The predicted molar refractivity (Wildman–Crippen MR) is 45.5 cm³/mol. The molecule has 0 aliphatic carbocycles. The fraction of sp³-hybridized carbons (Fsp3) is 0.625. The topological polar surface area (TPSA) is 75.7 Å². The van der Waals surface area contributed by atoms with Crippen molar-refractivity contribution in [1.29, 1.82) is 0 Å². The third-order valence-electron chi connectivity index (χ3n) is 2.15. The van der Waals surface area contributed by atoms with Crippen LogP contribution in [0.3, 0.4) is 0 Å². The van der Waals surface area contributed by atoms with Crippen LogP contribution in [0, 0.1) is 0 Å². The number of urea groups is 1. The van der Waals surface area contributed by atoms with Crippen molar-refractivity contribution in [3.8, 4) is 0 Å². The Hall–Kier alpha value is -0.495. The quantitative estimate of drug-likeness (QED) is 0.508. The number of carbonyl (C=O) groups excluding carboxylic acids is 3. The number of hydrogen-bond acceptors (Lipinski definition) is 4. The Balaban J connectivity index is 2.64. The van der Waals surface area contributed by atoms with Gasteiger partial charge in [0.25, 0.3) is 0 Å².